The molecule has 1 saturated carbocycles. The summed E-state index contributed by atoms with van der Waals surface area (Å²) in [7, 11) is -3.63. The predicted octanol–water partition coefficient (Wildman–Crippen LogP) is 2.54. The Balaban J connectivity index is 1.55. The molecule has 0 bridgehead atoms. The van der Waals surface area contributed by atoms with E-state index in [1.54, 1.807) is 0 Å². The topological polar surface area (TPSA) is 91.5 Å². The van der Waals surface area contributed by atoms with E-state index < -0.39 is 15.6 Å². The van der Waals surface area contributed by atoms with Gasteiger partial charge in [0.05, 0.1) is 18.8 Å². The third-order valence-corrected chi connectivity index (χ3v) is 7.77. The zero-order chi connectivity index (χ0) is 20.5. The van der Waals surface area contributed by atoms with Crippen molar-refractivity contribution >= 4 is 15.9 Å². The average molecular weight is 418 g/mol. The van der Waals surface area contributed by atoms with Gasteiger partial charge in [-0.25, -0.2) is 8.42 Å². The minimum atomic E-state index is -3.63. The first-order chi connectivity index (χ1) is 13.9. The molecule has 0 radical (unpaired) electrons. The lowest BCUT2D eigenvalue weighted by Gasteiger charge is -2.31. The van der Waals surface area contributed by atoms with E-state index in [2.05, 4.69) is 22.4 Å². The van der Waals surface area contributed by atoms with Crippen LogP contribution in [-0.4, -0.2) is 49.9 Å². The highest BCUT2D eigenvalue weighted by molar-refractivity contribution is 7.89. The van der Waals surface area contributed by atoms with Crippen molar-refractivity contribution in [2.24, 2.45) is 0 Å². The molecule has 2 N–H and O–H groups in total. The molecule has 0 unspecified atom stereocenters. The van der Waals surface area contributed by atoms with Crippen LogP contribution >= 0.6 is 0 Å². The largest absolute Gasteiger partial charge is 0.379 e. The standard InChI is InChI=1S/C21H27N3O4S/c1-16-5-4-6-17(13-16)21(7-2-3-8-21)23-20(25)19-14-18(15-22-19)29(26,27)24-9-11-28-12-10-24/h4-6,13-15,22H,2-3,7-12H2,1H3,(H,23,25). The number of nitrogens with zero attached hydrogens (tertiary/aromatic N) is 1. The number of hydrogen-bond donors (Lipinski definition) is 2. The molecule has 8 heteroatoms. The fraction of sp³-hybridized carbons (Fsp3) is 0.476. The average Bonchev–Trinajstić information content (AvgIpc) is 3.40. The van der Waals surface area contributed by atoms with Gasteiger partial charge in [0.2, 0.25) is 10.0 Å². The third-order valence-electron chi connectivity index (χ3n) is 5.89. The van der Waals surface area contributed by atoms with Crippen LogP contribution in [0.4, 0.5) is 0 Å². The van der Waals surface area contributed by atoms with E-state index in [0.717, 1.165) is 36.8 Å². The molecule has 0 atom stereocenters. The van der Waals surface area contributed by atoms with Crippen LogP contribution < -0.4 is 5.32 Å². The van der Waals surface area contributed by atoms with Crippen LogP contribution in [0.2, 0.25) is 0 Å². The molecule has 1 aromatic carbocycles. The Kier molecular flexibility index (Phi) is 5.50. The summed E-state index contributed by atoms with van der Waals surface area (Å²) in [4.78, 5) is 16.0. The van der Waals surface area contributed by atoms with Crippen molar-refractivity contribution in [1.29, 1.82) is 0 Å². The number of hydrogen-bond acceptors (Lipinski definition) is 4. The van der Waals surface area contributed by atoms with Gasteiger partial charge in [-0.2, -0.15) is 4.31 Å². The highest BCUT2D eigenvalue weighted by Crippen LogP contribution is 2.39. The molecule has 156 valence electrons. The zero-order valence-electron chi connectivity index (χ0n) is 16.6. The van der Waals surface area contributed by atoms with Crippen LogP contribution in [0.5, 0.6) is 0 Å². The van der Waals surface area contributed by atoms with Gasteiger partial charge in [0, 0.05) is 19.3 Å². The van der Waals surface area contributed by atoms with E-state index in [-0.39, 0.29) is 16.5 Å². The highest BCUT2D eigenvalue weighted by atomic mass is 32.2. The van der Waals surface area contributed by atoms with E-state index in [1.165, 1.54) is 16.6 Å². The van der Waals surface area contributed by atoms with Gasteiger partial charge in [0.25, 0.3) is 5.91 Å². The molecule has 1 aromatic heterocycles. The van der Waals surface area contributed by atoms with E-state index in [0.29, 0.717) is 26.3 Å². The second-order valence-corrected chi connectivity index (χ2v) is 9.82. The molecule has 1 amide bonds. The maximum absolute atomic E-state index is 13.0. The number of H-pyrrole nitrogens is 1. The molecule has 2 aliphatic rings. The monoisotopic (exact) mass is 417 g/mol. The van der Waals surface area contributed by atoms with Gasteiger partial charge in [-0.15, -0.1) is 0 Å². The van der Waals surface area contributed by atoms with Crippen molar-refractivity contribution in [1.82, 2.24) is 14.6 Å². The Morgan fingerprint density at radius 1 is 1.17 bits per heavy atom. The summed E-state index contributed by atoms with van der Waals surface area (Å²) < 4.78 is 32.2. The van der Waals surface area contributed by atoms with Crippen molar-refractivity contribution < 1.29 is 17.9 Å². The van der Waals surface area contributed by atoms with Crippen LogP contribution in [0.15, 0.2) is 41.4 Å². The molecule has 1 saturated heterocycles. The smallest absolute Gasteiger partial charge is 0.268 e. The van der Waals surface area contributed by atoms with Crippen LogP contribution in [-0.2, 0) is 20.3 Å². The highest BCUT2D eigenvalue weighted by Gasteiger charge is 2.38. The number of benzene rings is 1. The quantitative estimate of drug-likeness (QED) is 0.782. The molecule has 1 aliphatic heterocycles. The molecule has 2 fully saturated rings. The Morgan fingerprint density at radius 2 is 1.90 bits per heavy atom. The van der Waals surface area contributed by atoms with Crippen molar-refractivity contribution in [2.45, 2.75) is 43.0 Å². The molecule has 2 aromatic rings. The summed E-state index contributed by atoms with van der Waals surface area (Å²) in [5, 5.41) is 3.20. The Morgan fingerprint density at radius 3 is 2.59 bits per heavy atom. The van der Waals surface area contributed by atoms with Gasteiger partial charge in [-0.1, -0.05) is 42.7 Å². The number of rotatable bonds is 5. The van der Waals surface area contributed by atoms with E-state index >= 15 is 0 Å². The van der Waals surface area contributed by atoms with Crippen molar-refractivity contribution in [2.75, 3.05) is 26.3 Å². The first kappa shape index (κ1) is 20.1. The molecule has 2 heterocycles. The first-order valence-electron chi connectivity index (χ1n) is 10.1. The number of ether oxygens (including phenoxy) is 1. The van der Waals surface area contributed by atoms with Gasteiger partial charge in [0.15, 0.2) is 0 Å². The maximum Gasteiger partial charge on any atom is 0.268 e. The Bertz CT molecular complexity index is 987. The molecule has 1 aliphatic carbocycles. The number of carbonyl (C=O) groups excluding carboxylic acids is 1. The number of aromatic nitrogens is 1. The number of morpholine rings is 1. The van der Waals surface area contributed by atoms with Gasteiger partial charge < -0.3 is 15.0 Å². The fourth-order valence-electron chi connectivity index (χ4n) is 4.28. The lowest BCUT2D eigenvalue weighted by molar-refractivity contribution is 0.0730. The maximum atomic E-state index is 13.0. The first-order valence-corrected chi connectivity index (χ1v) is 11.5. The van der Waals surface area contributed by atoms with Crippen LogP contribution in [0.3, 0.4) is 0 Å². The van der Waals surface area contributed by atoms with Crippen molar-refractivity contribution in [3.8, 4) is 0 Å². The Labute approximate surface area is 171 Å². The van der Waals surface area contributed by atoms with E-state index in [4.69, 9.17) is 4.74 Å². The summed E-state index contributed by atoms with van der Waals surface area (Å²) in [6.45, 7) is 3.46. The summed E-state index contributed by atoms with van der Waals surface area (Å²) in [6.07, 6.45) is 5.25. The fourth-order valence-corrected chi connectivity index (χ4v) is 5.68. The van der Waals surface area contributed by atoms with Crippen molar-refractivity contribution in [3.63, 3.8) is 0 Å². The number of amides is 1. The minimum Gasteiger partial charge on any atom is -0.379 e. The van der Waals surface area contributed by atoms with Crippen LogP contribution in [0, 0.1) is 6.92 Å². The normalized spacial score (nSPS) is 19.9. The van der Waals surface area contributed by atoms with Gasteiger partial charge in [0.1, 0.15) is 10.6 Å². The van der Waals surface area contributed by atoms with Crippen LogP contribution in [0.25, 0.3) is 0 Å². The second kappa shape index (κ2) is 7.93. The lowest BCUT2D eigenvalue weighted by atomic mass is 9.87. The van der Waals surface area contributed by atoms with E-state index in [1.807, 2.05) is 19.1 Å². The molecular weight excluding hydrogens is 390 g/mol. The number of nitrogens with one attached hydrogen (secondary N) is 2. The lowest BCUT2D eigenvalue weighted by Crippen LogP contribution is -2.44. The summed E-state index contributed by atoms with van der Waals surface area (Å²) in [6, 6.07) is 9.66. The van der Waals surface area contributed by atoms with Gasteiger partial charge in [-0.05, 0) is 31.4 Å². The SMILES string of the molecule is Cc1cccc(C2(NC(=O)c3cc(S(=O)(=O)N4CCOCC4)c[nH]3)CCCC2)c1. The van der Waals surface area contributed by atoms with Crippen molar-refractivity contribution in [3.05, 3.63) is 53.3 Å². The molecule has 29 heavy (non-hydrogen) atoms. The molecule has 7 nitrogen and oxygen atoms in total. The summed E-state index contributed by atoms with van der Waals surface area (Å²) in [5.74, 6) is -0.281. The zero-order valence-corrected chi connectivity index (χ0v) is 17.4. The van der Waals surface area contributed by atoms with Gasteiger partial charge in [-0.3, -0.25) is 4.79 Å². The number of aryl methyl sites for hydroxylation is 1. The predicted molar refractivity (Wildman–Crippen MR) is 109 cm³/mol. The number of aromatic amines is 1. The summed E-state index contributed by atoms with van der Waals surface area (Å²) in [5.41, 5.74) is 2.12. The third kappa shape index (κ3) is 3.97. The molecule has 4 rings (SSSR count). The molecule has 0 spiro atoms. The second-order valence-electron chi connectivity index (χ2n) is 7.88. The van der Waals surface area contributed by atoms with Gasteiger partial charge >= 0.3 is 0 Å². The molecular formula is C21H27N3O4S. The van der Waals surface area contributed by atoms with Crippen LogP contribution in [0.1, 0.15) is 47.3 Å². The Hall–Kier alpha value is -2.16. The van der Waals surface area contributed by atoms with E-state index in [9.17, 15) is 13.2 Å². The number of carbonyl (C=O) groups is 1. The summed E-state index contributed by atoms with van der Waals surface area (Å²) >= 11 is 0. The number of sulfonamides is 1. The minimum absolute atomic E-state index is 0.112.